The highest BCUT2D eigenvalue weighted by molar-refractivity contribution is 5.85. The molecule has 1 fully saturated rings. The zero-order valence-electron chi connectivity index (χ0n) is 10.5. The number of hydrogen-bond donors (Lipinski definition) is 1. The molecular formula is C12H16ClN3O3. The molecule has 2 rings (SSSR count). The summed E-state index contributed by atoms with van der Waals surface area (Å²) in [5.74, 6) is -0.0872. The Labute approximate surface area is 117 Å². The molecule has 104 valence electrons. The number of halogens is 1. The van der Waals surface area contributed by atoms with Gasteiger partial charge in [0.15, 0.2) is 0 Å². The quantitative estimate of drug-likeness (QED) is 0.661. The standard InChI is InChI=1S/C12H15N3O3.ClH/c1-14(10-7-13-8-10)12(16)6-9-4-2-3-5-11(9)15(17)18;/h2-5,10,13H,6-8H2,1H3;1H. The largest absolute Gasteiger partial charge is 0.340 e. The zero-order chi connectivity index (χ0) is 13.1. The molecule has 7 heteroatoms. The third-order valence-corrected chi connectivity index (χ3v) is 3.23. The summed E-state index contributed by atoms with van der Waals surface area (Å²) in [6, 6.07) is 6.57. The number of benzene rings is 1. The van der Waals surface area contributed by atoms with E-state index in [1.165, 1.54) is 6.07 Å². The molecule has 1 aromatic rings. The third kappa shape index (κ3) is 3.42. The maximum Gasteiger partial charge on any atom is 0.273 e. The first-order valence-electron chi connectivity index (χ1n) is 5.78. The van der Waals surface area contributed by atoms with Crippen LogP contribution in [0.3, 0.4) is 0 Å². The average Bonchev–Trinajstić information content (AvgIpc) is 2.27. The molecule has 0 unspecified atom stereocenters. The summed E-state index contributed by atoms with van der Waals surface area (Å²) >= 11 is 0. The van der Waals surface area contributed by atoms with Crippen LogP contribution in [0.4, 0.5) is 5.69 Å². The van der Waals surface area contributed by atoms with Crippen LogP contribution in [0.5, 0.6) is 0 Å². The Morgan fingerprint density at radius 3 is 2.63 bits per heavy atom. The van der Waals surface area contributed by atoms with E-state index in [4.69, 9.17) is 0 Å². The number of nitrogens with one attached hydrogen (secondary N) is 1. The lowest BCUT2D eigenvalue weighted by Crippen LogP contribution is -2.57. The minimum absolute atomic E-state index is 0. The van der Waals surface area contributed by atoms with Crippen LogP contribution in [0.1, 0.15) is 5.56 Å². The maximum atomic E-state index is 12.0. The minimum Gasteiger partial charge on any atom is -0.340 e. The summed E-state index contributed by atoms with van der Waals surface area (Å²) in [5, 5.41) is 13.9. The number of nitro groups is 1. The topological polar surface area (TPSA) is 75.5 Å². The molecule has 0 saturated carbocycles. The fourth-order valence-electron chi connectivity index (χ4n) is 1.88. The molecule has 0 spiro atoms. The zero-order valence-corrected chi connectivity index (χ0v) is 11.4. The van der Waals surface area contributed by atoms with E-state index in [-0.39, 0.29) is 36.5 Å². The van der Waals surface area contributed by atoms with Crippen LogP contribution in [-0.2, 0) is 11.2 Å². The molecule has 1 saturated heterocycles. The average molecular weight is 286 g/mol. The van der Waals surface area contributed by atoms with Gasteiger partial charge in [0.25, 0.3) is 5.69 Å². The van der Waals surface area contributed by atoms with Crippen LogP contribution in [0, 0.1) is 10.1 Å². The SMILES string of the molecule is CN(C(=O)Cc1ccccc1[N+](=O)[O-])C1CNC1.Cl. The Balaban J connectivity index is 0.00000180. The molecule has 1 aromatic carbocycles. The van der Waals surface area contributed by atoms with E-state index in [1.54, 1.807) is 30.1 Å². The molecule has 1 N–H and O–H groups in total. The monoisotopic (exact) mass is 285 g/mol. The Hall–Kier alpha value is -1.66. The van der Waals surface area contributed by atoms with Crippen molar-refractivity contribution >= 4 is 24.0 Å². The van der Waals surface area contributed by atoms with Crippen LogP contribution < -0.4 is 5.32 Å². The number of hydrogen-bond acceptors (Lipinski definition) is 4. The first-order valence-corrected chi connectivity index (χ1v) is 5.78. The van der Waals surface area contributed by atoms with Crippen molar-refractivity contribution < 1.29 is 9.72 Å². The molecule has 0 bridgehead atoms. The number of nitro benzene ring substituents is 1. The van der Waals surface area contributed by atoms with Crippen molar-refractivity contribution in [3.8, 4) is 0 Å². The van der Waals surface area contributed by atoms with Crippen molar-refractivity contribution in [1.29, 1.82) is 0 Å². The number of rotatable bonds is 4. The van der Waals surface area contributed by atoms with Gasteiger partial charge in [0.1, 0.15) is 0 Å². The van der Waals surface area contributed by atoms with Gasteiger partial charge in [0.2, 0.25) is 5.91 Å². The smallest absolute Gasteiger partial charge is 0.273 e. The molecule has 0 aliphatic carbocycles. The highest BCUT2D eigenvalue weighted by atomic mass is 35.5. The fourth-order valence-corrected chi connectivity index (χ4v) is 1.88. The van der Waals surface area contributed by atoms with E-state index in [0.29, 0.717) is 5.56 Å². The maximum absolute atomic E-state index is 12.0. The van der Waals surface area contributed by atoms with Gasteiger partial charge >= 0.3 is 0 Å². The third-order valence-electron chi connectivity index (χ3n) is 3.23. The van der Waals surface area contributed by atoms with Gasteiger partial charge in [-0.05, 0) is 0 Å². The Bertz CT molecular complexity index is 477. The second-order valence-electron chi connectivity index (χ2n) is 4.38. The molecule has 1 amide bonds. The molecule has 1 aliphatic heterocycles. The predicted octanol–water partition coefficient (Wildman–Crippen LogP) is 0.989. The molecule has 0 radical (unpaired) electrons. The van der Waals surface area contributed by atoms with Crippen LogP contribution in [0.25, 0.3) is 0 Å². The molecule has 1 heterocycles. The predicted molar refractivity (Wildman–Crippen MR) is 73.5 cm³/mol. The van der Waals surface area contributed by atoms with Gasteiger partial charge in [-0.3, -0.25) is 14.9 Å². The Morgan fingerprint density at radius 1 is 1.47 bits per heavy atom. The van der Waals surface area contributed by atoms with Crippen molar-refractivity contribution in [2.45, 2.75) is 12.5 Å². The lowest BCUT2D eigenvalue weighted by atomic mass is 10.1. The second kappa shape index (κ2) is 6.49. The molecule has 1 aliphatic rings. The molecule has 0 atom stereocenters. The summed E-state index contributed by atoms with van der Waals surface area (Å²) in [5.41, 5.74) is 0.470. The van der Waals surface area contributed by atoms with Gasteiger partial charge in [-0.1, -0.05) is 18.2 Å². The van der Waals surface area contributed by atoms with Crippen LogP contribution in [0.15, 0.2) is 24.3 Å². The van der Waals surface area contributed by atoms with Crippen molar-refractivity contribution in [2.75, 3.05) is 20.1 Å². The van der Waals surface area contributed by atoms with E-state index >= 15 is 0 Å². The Morgan fingerprint density at radius 2 is 2.11 bits per heavy atom. The Kier molecular flexibility index (Phi) is 5.26. The van der Waals surface area contributed by atoms with Gasteiger partial charge in [0, 0.05) is 31.8 Å². The van der Waals surface area contributed by atoms with Gasteiger partial charge < -0.3 is 10.2 Å². The van der Waals surface area contributed by atoms with Gasteiger partial charge in [0.05, 0.1) is 17.4 Å². The van der Waals surface area contributed by atoms with Crippen molar-refractivity contribution in [1.82, 2.24) is 10.2 Å². The number of carbonyl (C=O) groups excluding carboxylic acids is 1. The van der Waals surface area contributed by atoms with Crippen molar-refractivity contribution in [3.63, 3.8) is 0 Å². The van der Waals surface area contributed by atoms with Gasteiger partial charge in [-0.25, -0.2) is 0 Å². The van der Waals surface area contributed by atoms with E-state index in [2.05, 4.69) is 5.32 Å². The molecular weight excluding hydrogens is 270 g/mol. The number of amides is 1. The molecule has 0 aromatic heterocycles. The van der Waals surface area contributed by atoms with Crippen molar-refractivity contribution in [2.24, 2.45) is 0 Å². The van der Waals surface area contributed by atoms with E-state index in [0.717, 1.165) is 13.1 Å². The van der Waals surface area contributed by atoms with Crippen LogP contribution >= 0.6 is 12.4 Å². The normalized spacial score (nSPS) is 14.2. The first kappa shape index (κ1) is 15.4. The highest BCUT2D eigenvalue weighted by Crippen LogP contribution is 2.19. The summed E-state index contributed by atoms with van der Waals surface area (Å²) in [7, 11) is 1.74. The lowest BCUT2D eigenvalue weighted by Gasteiger charge is -2.35. The second-order valence-corrected chi connectivity index (χ2v) is 4.38. The van der Waals surface area contributed by atoms with E-state index in [9.17, 15) is 14.9 Å². The summed E-state index contributed by atoms with van der Waals surface area (Å²) in [6.07, 6.45) is 0.0736. The highest BCUT2D eigenvalue weighted by Gasteiger charge is 2.26. The lowest BCUT2D eigenvalue weighted by molar-refractivity contribution is -0.385. The van der Waals surface area contributed by atoms with E-state index < -0.39 is 4.92 Å². The number of carbonyl (C=O) groups is 1. The van der Waals surface area contributed by atoms with Gasteiger partial charge in [-0.2, -0.15) is 0 Å². The first-order chi connectivity index (χ1) is 8.59. The molecule has 6 nitrogen and oxygen atoms in total. The fraction of sp³-hybridized carbons (Fsp3) is 0.417. The van der Waals surface area contributed by atoms with Crippen LogP contribution in [-0.4, -0.2) is 41.9 Å². The van der Waals surface area contributed by atoms with E-state index in [1.807, 2.05) is 0 Å². The van der Waals surface area contributed by atoms with Crippen molar-refractivity contribution in [3.05, 3.63) is 39.9 Å². The van der Waals surface area contributed by atoms with Gasteiger partial charge in [-0.15, -0.1) is 12.4 Å². The number of likely N-dealkylation sites (N-methyl/N-ethyl adjacent to an activating group) is 1. The van der Waals surface area contributed by atoms with Crippen LogP contribution in [0.2, 0.25) is 0 Å². The molecule has 19 heavy (non-hydrogen) atoms. The number of nitrogens with zero attached hydrogens (tertiary/aromatic N) is 2. The summed E-state index contributed by atoms with van der Waals surface area (Å²) < 4.78 is 0. The minimum atomic E-state index is -0.451. The number of para-hydroxylation sites is 1. The summed E-state index contributed by atoms with van der Waals surface area (Å²) in [6.45, 7) is 1.58. The summed E-state index contributed by atoms with van der Waals surface area (Å²) in [4.78, 5) is 24.1.